The summed E-state index contributed by atoms with van der Waals surface area (Å²) in [7, 11) is 0. The van der Waals surface area contributed by atoms with Crippen LogP contribution in [0.1, 0.15) is 290 Å². The zero-order valence-electron chi connectivity index (χ0n) is 42.2. The highest BCUT2D eigenvalue weighted by molar-refractivity contribution is 5.69. The molecule has 6 nitrogen and oxygen atoms in total. The highest BCUT2D eigenvalue weighted by atomic mass is 16.5. The molecular formula is C57H108N2O4. The first-order valence-corrected chi connectivity index (χ1v) is 27.8. The van der Waals surface area contributed by atoms with Gasteiger partial charge < -0.3 is 20.9 Å². The Labute approximate surface area is 392 Å². The summed E-state index contributed by atoms with van der Waals surface area (Å²) in [6, 6.07) is 0.663. The van der Waals surface area contributed by atoms with Gasteiger partial charge in [0.25, 0.3) is 0 Å². The Morgan fingerprint density at radius 2 is 0.794 bits per heavy atom. The molecule has 370 valence electrons. The van der Waals surface area contributed by atoms with Gasteiger partial charge in [-0.2, -0.15) is 0 Å². The molecule has 2 unspecified atom stereocenters. The van der Waals surface area contributed by atoms with E-state index in [1.54, 1.807) is 0 Å². The number of nitrogens with one attached hydrogen (secondary N) is 1. The van der Waals surface area contributed by atoms with Gasteiger partial charge in [-0.05, 0) is 123 Å². The van der Waals surface area contributed by atoms with E-state index in [-0.39, 0.29) is 12.0 Å². The monoisotopic (exact) mass is 885 g/mol. The molecule has 6 heteroatoms. The van der Waals surface area contributed by atoms with Crippen molar-refractivity contribution >= 4 is 11.9 Å². The summed E-state index contributed by atoms with van der Waals surface area (Å²) in [5.74, 6) is -0.669. The van der Waals surface area contributed by atoms with Crippen molar-refractivity contribution < 1.29 is 19.4 Å². The first-order valence-electron chi connectivity index (χ1n) is 27.8. The van der Waals surface area contributed by atoms with Gasteiger partial charge in [-0.3, -0.25) is 9.59 Å². The highest BCUT2D eigenvalue weighted by Crippen LogP contribution is 2.15. The number of rotatable bonds is 52. The van der Waals surface area contributed by atoms with Crippen LogP contribution < -0.4 is 11.1 Å². The fraction of sp³-hybridized carbons (Fsp3) is 0.860. The molecule has 0 heterocycles. The summed E-state index contributed by atoms with van der Waals surface area (Å²) >= 11 is 0. The van der Waals surface area contributed by atoms with Crippen LogP contribution >= 0.6 is 0 Å². The van der Waals surface area contributed by atoms with E-state index in [9.17, 15) is 9.59 Å². The first kappa shape index (κ1) is 61.1. The van der Waals surface area contributed by atoms with Crippen LogP contribution in [0.5, 0.6) is 0 Å². The van der Waals surface area contributed by atoms with Crippen molar-refractivity contribution in [1.82, 2.24) is 5.32 Å². The summed E-state index contributed by atoms with van der Waals surface area (Å²) in [4.78, 5) is 22.6. The fourth-order valence-corrected chi connectivity index (χ4v) is 8.48. The molecule has 0 saturated heterocycles. The van der Waals surface area contributed by atoms with Gasteiger partial charge in [-0.25, -0.2) is 0 Å². The molecule has 0 saturated carbocycles. The summed E-state index contributed by atoms with van der Waals surface area (Å²) in [5, 5.41) is 12.5. The molecule has 0 aliphatic carbocycles. The third-order valence-electron chi connectivity index (χ3n) is 12.7. The van der Waals surface area contributed by atoms with Crippen molar-refractivity contribution in [2.75, 3.05) is 13.2 Å². The maximum atomic E-state index is 12.1. The molecule has 0 fully saturated rings. The lowest BCUT2D eigenvalue weighted by atomic mass is 10.0. The molecule has 0 aromatic rings. The zero-order valence-corrected chi connectivity index (χ0v) is 42.2. The van der Waals surface area contributed by atoms with Crippen LogP contribution in [-0.4, -0.2) is 42.3 Å². The van der Waals surface area contributed by atoms with Gasteiger partial charge in [0, 0.05) is 24.9 Å². The van der Waals surface area contributed by atoms with E-state index < -0.39 is 5.97 Å². The minimum absolute atomic E-state index is 0.00110. The van der Waals surface area contributed by atoms with E-state index in [4.69, 9.17) is 15.6 Å². The van der Waals surface area contributed by atoms with E-state index in [0.717, 1.165) is 51.5 Å². The van der Waals surface area contributed by atoms with Crippen molar-refractivity contribution in [2.45, 2.75) is 302 Å². The number of carboxylic acids is 1. The number of aliphatic carboxylic acids is 1. The molecule has 0 aromatic carbocycles. The number of nitrogens with two attached hydrogens (primary N) is 1. The Balaban J connectivity index is 3.43. The Bertz CT molecular complexity index is 1020. The summed E-state index contributed by atoms with van der Waals surface area (Å²) < 4.78 is 5.48. The van der Waals surface area contributed by atoms with E-state index in [1.165, 1.54) is 218 Å². The van der Waals surface area contributed by atoms with Crippen molar-refractivity contribution in [3.8, 4) is 0 Å². The van der Waals surface area contributed by atoms with E-state index in [2.05, 4.69) is 55.6 Å². The number of carbonyl (C=O) groups is 2. The third-order valence-corrected chi connectivity index (χ3v) is 12.7. The molecule has 0 aliphatic rings. The Hall–Kier alpha value is -1.92. The number of unbranched alkanes of at least 4 members (excludes halogenated alkanes) is 34. The number of ether oxygens (including phenoxy) is 1. The number of esters is 1. The number of allylic oxidation sites excluding steroid dienone is 6. The van der Waals surface area contributed by atoms with Gasteiger partial charge in [0.2, 0.25) is 0 Å². The molecule has 0 rings (SSSR count). The predicted octanol–water partition coefficient (Wildman–Crippen LogP) is 17.4. The molecule has 2 atom stereocenters. The molecule has 0 aromatic heterocycles. The number of hydrogen-bond donors (Lipinski definition) is 3. The molecule has 63 heavy (non-hydrogen) atoms. The minimum Gasteiger partial charge on any atom is -0.481 e. The minimum atomic E-state index is -0.671. The molecular weight excluding hydrogens is 777 g/mol. The van der Waals surface area contributed by atoms with E-state index in [1.807, 2.05) is 0 Å². The van der Waals surface area contributed by atoms with Gasteiger partial charge in [-0.1, -0.05) is 197 Å². The molecule has 0 aliphatic heterocycles. The summed E-state index contributed by atoms with van der Waals surface area (Å²) in [6.07, 6.45) is 66.5. The van der Waals surface area contributed by atoms with Crippen molar-refractivity contribution in [1.29, 1.82) is 0 Å². The van der Waals surface area contributed by atoms with Crippen LogP contribution in [0.2, 0.25) is 0 Å². The van der Waals surface area contributed by atoms with Gasteiger partial charge in [0.15, 0.2) is 0 Å². The maximum absolute atomic E-state index is 12.1. The van der Waals surface area contributed by atoms with Crippen molar-refractivity contribution in [2.24, 2.45) is 5.73 Å². The zero-order chi connectivity index (χ0) is 45.8. The maximum Gasteiger partial charge on any atom is 0.305 e. The summed E-state index contributed by atoms with van der Waals surface area (Å²) in [6.45, 7) is 6.14. The first-order chi connectivity index (χ1) is 31.0. The molecule has 0 radical (unpaired) electrons. The average molecular weight is 886 g/mol. The molecule has 0 amide bonds. The number of hydrogen-bond acceptors (Lipinski definition) is 5. The molecule has 0 spiro atoms. The van der Waals surface area contributed by atoms with Crippen LogP contribution in [0, 0.1) is 0 Å². The lowest BCUT2D eigenvalue weighted by Gasteiger charge is -2.22. The standard InChI is InChI=1S/C57H108N2O4/c1-3-4-5-6-7-8-9-10-11-18-23-28-33-38-43-48-53-63-57(62)51-46-41-36-31-26-21-16-13-17-22-27-32-37-42-47-52-59-55(54(2)58)49-44-39-34-29-24-19-14-12-15-20-25-30-35-40-45-50-56(60)61/h10-13,15-16,54-55,59H,3-9,14,17-53,58H2,1-2H3,(H,60,61). The Morgan fingerprint density at radius 3 is 1.19 bits per heavy atom. The van der Waals surface area contributed by atoms with Crippen LogP contribution in [-0.2, 0) is 14.3 Å². The van der Waals surface area contributed by atoms with Crippen LogP contribution in [0.4, 0.5) is 0 Å². The number of carboxylic acid groups (broad SMARTS) is 1. The lowest BCUT2D eigenvalue weighted by molar-refractivity contribution is -0.144. The Kier molecular flexibility index (Phi) is 51.1. The topological polar surface area (TPSA) is 102 Å². The summed E-state index contributed by atoms with van der Waals surface area (Å²) in [5.41, 5.74) is 6.33. The van der Waals surface area contributed by atoms with Crippen molar-refractivity contribution in [3.05, 3.63) is 36.5 Å². The second-order valence-electron chi connectivity index (χ2n) is 19.1. The second-order valence-corrected chi connectivity index (χ2v) is 19.1. The second kappa shape index (κ2) is 52.7. The van der Waals surface area contributed by atoms with E-state index in [0.29, 0.717) is 25.5 Å². The van der Waals surface area contributed by atoms with E-state index >= 15 is 0 Å². The normalized spacial score (nSPS) is 12.9. The Morgan fingerprint density at radius 1 is 0.460 bits per heavy atom. The van der Waals surface area contributed by atoms with Gasteiger partial charge in [0.1, 0.15) is 0 Å². The van der Waals surface area contributed by atoms with Gasteiger partial charge in [-0.15, -0.1) is 0 Å². The SMILES string of the molecule is CCCCCCCCC=CCCCCCCCCOC(=O)CCCCCCCC=CCCCCCCCCNC(CCCCCCCCC=CCCCCCCCC(=O)O)C(C)N. The number of carbonyl (C=O) groups excluding carboxylic acids is 1. The van der Waals surface area contributed by atoms with Gasteiger partial charge >= 0.3 is 11.9 Å². The lowest BCUT2D eigenvalue weighted by Crippen LogP contribution is -2.43. The predicted molar refractivity (Wildman–Crippen MR) is 276 cm³/mol. The van der Waals surface area contributed by atoms with Gasteiger partial charge in [0.05, 0.1) is 6.61 Å². The van der Waals surface area contributed by atoms with Crippen molar-refractivity contribution in [3.63, 3.8) is 0 Å². The quantitative estimate of drug-likeness (QED) is 0.0319. The average Bonchev–Trinajstić information content (AvgIpc) is 3.27. The van der Waals surface area contributed by atoms with Crippen LogP contribution in [0.15, 0.2) is 36.5 Å². The van der Waals surface area contributed by atoms with Crippen LogP contribution in [0.3, 0.4) is 0 Å². The largest absolute Gasteiger partial charge is 0.481 e. The highest BCUT2D eigenvalue weighted by Gasteiger charge is 2.12. The smallest absolute Gasteiger partial charge is 0.305 e. The molecule has 0 bridgehead atoms. The third kappa shape index (κ3) is 52.6. The fourth-order valence-electron chi connectivity index (χ4n) is 8.48. The molecule has 4 N–H and O–H groups in total. The van der Waals surface area contributed by atoms with Crippen LogP contribution in [0.25, 0.3) is 0 Å².